The third kappa shape index (κ3) is 7.78. The number of nitrogens with one attached hydrogen (secondary N) is 1. The van der Waals surface area contributed by atoms with Gasteiger partial charge in [0.1, 0.15) is 11.4 Å². The molecule has 0 bridgehead atoms. The van der Waals surface area contributed by atoms with Gasteiger partial charge in [0.2, 0.25) is 0 Å². The first kappa shape index (κ1) is 18.2. The largest absolute Gasteiger partial charge is 0.444 e. The number of amides is 1. The van der Waals surface area contributed by atoms with Crippen LogP contribution >= 0.6 is 0 Å². The Labute approximate surface area is 131 Å². The molecule has 0 aliphatic rings. The molecule has 122 valence electrons. The number of allylic oxidation sites excluding steroid dienone is 1. The number of hydrogen-bond donors (Lipinski definition) is 1. The molecule has 1 amide bonds. The van der Waals surface area contributed by atoms with Crippen molar-refractivity contribution in [1.29, 1.82) is 0 Å². The van der Waals surface area contributed by atoms with Gasteiger partial charge in [0.25, 0.3) is 0 Å². The van der Waals surface area contributed by atoms with Gasteiger partial charge in [-0.3, -0.25) is 0 Å². The summed E-state index contributed by atoms with van der Waals surface area (Å²) in [6, 6.07) is 7.75. The maximum atomic E-state index is 13.7. The zero-order valence-corrected chi connectivity index (χ0v) is 13.6. The van der Waals surface area contributed by atoms with Crippen molar-refractivity contribution in [2.24, 2.45) is 0 Å². The van der Waals surface area contributed by atoms with Crippen LogP contribution in [0.15, 0.2) is 36.2 Å². The van der Waals surface area contributed by atoms with E-state index in [0.29, 0.717) is 13.0 Å². The molecule has 22 heavy (non-hydrogen) atoms. The number of methoxy groups -OCH3 is 1. The summed E-state index contributed by atoms with van der Waals surface area (Å²) in [5, 5.41) is 2.38. The Hall–Kier alpha value is -1.88. The van der Waals surface area contributed by atoms with Crippen molar-refractivity contribution >= 4 is 6.09 Å². The maximum absolute atomic E-state index is 13.7. The molecule has 0 aromatic heterocycles. The van der Waals surface area contributed by atoms with Gasteiger partial charge in [-0.05, 0) is 44.4 Å². The summed E-state index contributed by atoms with van der Waals surface area (Å²) in [6.07, 6.45) is 1.28. The molecule has 0 aliphatic heterocycles. The summed E-state index contributed by atoms with van der Waals surface area (Å²) in [5.41, 5.74) is 1.44. The van der Waals surface area contributed by atoms with Crippen LogP contribution in [0.3, 0.4) is 0 Å². The van der Waals surface area contributed by atoms with Crippen LogP contribution in [0.1, 0.15) is 31.9 Å². The van der Waals surface area contributed by atoms with E-state index in [-0.39, 0.29) is 6.54 Å². The molecule has 0 fully saturated rings. The van der Waals surface area contributed by atoms with Crippen molar-refractivity contribution in [1.82, 2.24) is 5.32 Å². The molecule has 0 heterocycles. The Kier molecular flexibility index (Phi) is 7.05. The number of ether oxygens (including phenoxy) is 2. The van der Waals surface area contributed by atoms with Crippen LogP contribution < -0.4 is 5.32 Å². The van der Waals surface area contributed by atoms with Gasteiger partial charge in [-0.25, -0.2) is 9.18 Å². The Morgan fingerprint density at radius 2 is 2.00 bits per heavy atom. The highest BCUT2D eigenvalue weighted by Gasteiger charge is 2.15. The van der Waals surface area contributed by atoms with Crippen molar-refractivity contribution in [3.05, 3.63) is 47.3 Å². The highest BCUT2D eigenvalue weighted by atomic mass is 19.1. The lowest BCUT2D eigenvalue weighted by molar-refractivity contribution is 0.0529. The van der Waals surface area contributed by atoms with E-state index in [1.54, 1.807) is 27.9 Å². The second kappa shape index (κ2) is 8.54. The normalized spacial score (nSPS) is 12.1. The zero-order chi connectivity index (χ0) is 16.6. The Bertz CT molecular complexity index is 521. The fourth-order valence-electron chi connectivity index (χ4n) is 1.78. The van der Waals surface area contributed by atoms with Crippen molar-refractivity contribution in [3.63, 3.8) is 0 Å². The molecule has 0 aliphatic carbocycles. The summed E-state index contributed by atoms with van der Waals surface area (Å²) in [7, 11) is 1.63. The van der Waals surface area contributed by atoms with E-state index in [2.05, 4.69) is 5.32 Å². The molecular formula is C17H24FNO3. The Balaban J connectivity index is 2.45. The van der Waals surface area contributed by atoms with Crippen molar-refractivity contribution in [2.75, 3.05) is 13.7 Å². The number of carbonyl (C=O) groups is 1. The third-order valence-corrected chi connectivity index (χ3v) is 2.66. The van der Waals surface area contributed by atoms with E-state index in [4.69, 9.17) is 9.47 Å². The van der Waals surface area contributed by atoms with Gasteiger partial charge in [0.15, 0.2) is 0 Å². The molecule has 0 atom stereocenters. The first-order chi connectivity index (χ1) is 10.3. The van der Waals surface area contributed by atoms with Gasteiger partial charge in [-0.2, -0.15) is 0 Å². The highest BCUT2D eigenvalue weighted by molar-refractivity contribution is 5.67. The number of hydrogen-bond acceptors (Lipinski definition) is 3. The molecule has 0 saturated heterocycles. The quantitative estimate of drug-likeness (QED) is 0.870. The van der Waals surface area contributed by atoms with E-state index in [9.17, 15) is 9.18 Å². The summed E-state index contributed by atoms with van der Waals surface area (Å²) < 4.78 is 23.8. The average Bonchev–Trinajstić information content (AvgIpc) is 2.42. The van der Waals surface area contributed by atoms with Crippen molar-refractivity contribution < 1.29 is 18.7 Å². The summed E-state index contributed by atoms with van der Waals surface area (Å²) in [6.45, 7) is 5.62. The smallest absolute Gasteiger partial charge is 0.408 e. The molecule has 1 N–H and O–H groups in total. The fourth-order valence-corrected chi connectivity index (χ4v) is 1.78. The van der Waals surface area contributed by atoms with Crippen molar-refractivity contribution in [2.45, 2.75) is 39.4 Å². The number of halogens is 1. The highest BCUT2D eigenvalue weighted by Crippen LogP contribution is 2.10. The summed E-state index contributed by atoms with van der Waals surface area (Å²) >= 11 is 0. The molecule has 1 rings (SSSR count). The maximum Gasteiger partial charge on any atom is 0.408 e. The van der Waals surface area contributed by atoms with Gasteiger partial charge >= 0.3 is 6.09 Å². The Morgan fingerprint density at radius 1 is 1.32 bits per heavy atom. The first-order valence-electron chi connectivity index (χ1n) is 7.18. The topological polar surface area (TPSA) is 47.6 Å². The second-order valence-electron chi connectivity index (χ2n) is 5.96. The van der Waals surface area contributed by atoms with Crippen molar-refractivity contribution in [3.8, 4) is 0 Å². The number of alkyl carbamates (subject to hydrolysis) is 1. The predicted octanol–water partition coefficient (Wildman–Crippen LogP) is 3.75. The number of rotatable bonds is 6. The van der Waals surface area contributed by atoms with Crippen LogP contribution in [0, 0.1) is 0 Å². The predicted molar refractivity (Wildman–Crippen MR) is 84.3 cm³/mol. The summed E-state index contributed by atoms with van der Waals surface area (Å²) in [4.78, 5) is 11.4. The van der Waals surface area contributed by atoms with Crippen LogP contribution in [0.2, 0.25) is 0 Å². The van der Waals surface area contributed by atoms with Crippen LogP contribution in [-0.4, -0.2) is 25.3 Å². The lowest BCUT2D eigenvalue weighted by Crippen LogP contribution is -2.33. The molecule has 1 aromatic carbocycles. The monoisotopic (exact) mass is 309 g/mol. The van der Waals surface area contributed by atoms with Gasteiger partial charge in [-0.1, -0.05) is 24.3 Å². The molecule has 0 spiro atoms. The standard InChI is InChI=1S/C17H24FNO3/c1-17(2,3)22-16(20)19-11-15(18)9-8-13-6-5-7-14(10-13)12-21-4/h5-7,9-10H,8,11-12H2,1-4H3,(H,19,20)/b15-9+. The van der Waals surface area contributed by atoms with Crippen LogP contribution in [0.25, 0.3) is 0 Å². The van der Waals surface area contributed by atoms with Crippen LogP contribution in [-0.2, 0) is 22.5 Å². The minimum atomic E-state index is -0.627. The zero-order valence-electron chi connectivity index (χ0n) is 13.6. The molecular weight excluding hydrogens is 285 g/mol. The number of benzene rings is 1. The molecule has 0 unspecified atom stereocenters. The number of carbonyl (C=O) groups excluding carboxylic acids is 1. The fraction of sp³-hybridized carbons (Fsp3) is 0.471. The minimum absolute atomic E-state index is 0.174. The van der Waals surface area contributed by atoms with E-state index >= 15 is 0 Å². The second-order valence-corrected chi connectivity index (χ2v) is 5.96. The third-order valence-electron chi connectivity index (χ3n) is 2.66. The van der Waals surface area contributed by atoms with Crippen LogP contribution in [0.5, 0.6) is 0 Å². The molecule has 0 saturated carbocycles. The van der Waals surface area contributed by atoms with E-state index < -0.39 is 17.5 Å². The van der Waals surface area contributed by atoms with E-state index in [0.717, 1.165) is 11.1 Å². The summed E-state index contributed by atoms with van der Waals surface area (Å²) in [5.74, 6) is -0.400. The molecule has 1 aromatic rings. The SMILES string of the molecule is COCc1cccc(C/C=C(/F)CNC(=O)OC(C)(C)C)c1. The van der Waals surface area contributed by atoms with E-state index in [1.807, 2.05) is 24.3 Å². The average molecular weight is 309 g/mol. The lowest BCUT2D eigenvalue weighted by Gasteiger charge is -2.19. The minimum Gasteiger partial charge on any atom is -0.444 e. The van der Waals surface area contributed by atoms with Gasteiger partial charge in [-0.15, -0.1) is 0 Å². The van der Waals surface area contributed by atoms with Gasteiger partial charge in [0.05, 0.1) is 13.2 Å². The first-order valence-corrected chi connectivity index (χ1v) is 7.18. The lowest BCUT2D eigenvalue weighted by atomic mass is 10.1. The van der Waals surface area contributed by atoms with Gasteiger partial charge in [0, 0.05) is 7.11 Å². The van der Waals surface area contributed by atoms with Gasteiger partial charge < -0.3 is 14.8 Å². The molecule has 4 nitrogen and oxygen atoms in total. The molecule has 5 heteroatoms. The molecule has 0 radical (unpaired) electrons. The van der Waals surface area contributed by atoms with E-state index in [1.165, 1.54) is 6.08 Å². The van der Waals surface area contributed by atoms with Crippen LogP contribution in [0.4, 0.5) is 9.18 Å². The Morgan fingerprint density at radius 3 is 2.64 bits per heavy atom.